The number of cyclic esters (lactones) is 1. The Balaban J connectivity index is 2.17. The lowest BCUT2D eigenvalue weighted by molar-refractivity contribution is -0.163. The summed E-state index contributed by atoms with van der Waals surface area (Å²) in [6.07, 6.45) is -3.69. The van der Waals surface area contributed by atoms with Crippen LogP contribution in [-0.4, -0.2) is 41.8 Å². The van der Waals surface area contributed by atoms with Crippen LogP contribution in [0.4, 0.5) is 8.78 Å². The van der Waals surface area contributed by atoms with E-state index in [0.29, 0.717) is 0 Å². The van der Waals surface area contributed by atoms with Crippen molar-refractivity contribution in [1.82, 2.24) is 0 Å². The van der Waals surface area contributed by atoms with E-state index in [-0.39, 0.29) is 5.56 Å². The Bertz CT molecular complexity index is 488. The van der Waals surface area contributed by atoms with E-state index in [1.54, 1.807) is 6.07 Å². The Morgan fingerprint density at radius 1 is 1.37 bits per heavy atom. The molecule has 1 aromatic rings. The Hall–Kier alpha value is -2.02. The first kappa shape index (κ1) is 13.4. The van der Waals surface area contributed by atoms with Crippen molar-refractivity contribution in [3.05, 3.63) is 35.9 Å². The fourth-order valence-electron chi connectivity index (χ4n) is 1.67. The van der Waals surface area contributed by atoms with Gasteiger partial charge in [0.05, 0.1) is 12.2 Å². The molecule has 0 aliphatic carbocycles. The fourth-order valence-corrected chi connectivity index (χ4v) is 1.67. The molecule has 0 unspecified atom stereocenters. The first-order valence-electron chi connectivity index (χ1n) is 5.42. The summed E-state index contributed by atoms with van der Waals surface area (Å²) in [7, 11) is 0. The average Bonchev–Trinajstić information content (AvgIpc) is 2.63. The predicted octanol–water partition coefficient (Wildman–Crippen LogP) is 0.765. The molecule has 0 amide bonds. The van der Waals surface area contributed by atoms with Gasteiger partial charge in [0.25, 0.3) is 0 Å². The highest BCUT2D eigenvalue weighted by Gasteiger charge is 2.62. The summed E-state index contributed by atoms with van der Waals surface area (Å²) >= 11 is 0. The van der Waals surface area contributed by atoms with Gasteiger partial charge in [-0.3, -0.25) is 0 Å². The predicted molar refractivity (Wildman–Crippen MR) is 57.6 cm³/mol. The molecule has 0 aromatic heterocycles. The van der Waals surface area contributed by atoms with Crippen LogP contribution in [0, 0.1) is 0 Å². The summed E-state index contributed by atoms with van der Waals surface area (Å²) in [5, 5.41) is 8.87. The van der Waals surface area contributed by atoms with Gasteiger partial charge < -0.3 is 14.6 Å². The highest BCUT2D eigenvalue weighted by atomic mass is 19.3. The number of aliphatic hydroxyl groups is 1. The van der Waals surface area contributed by atoms with Crippen LogP contribution in [0.25, 0.3) is 0 Å². The zero-order valence-corrected chi connectivity index (χ0v) is 9.58. The second kappa shape index (κ2) is 4.93. The zero-order valence-electron chi connectivity index (χ0n) is 9.58. The molecule has 2 rings (SSSR count). The van der Waals surface area contributed by atoms with Crippen LogP contribution < -0.4 is 0 Å². The number of esters is 2. The van der Waals surface area contributed by atoms with E-state index in [9.17, 15) is 18.4 Å². The molecule has 1 aliphatic rings. The Labute approximate surface area is 106 Å². The Kier molecular flexibility index (Phi) is 3.48. The standard InChI is InChI=1S/C12H10F2O5/c13-12(14)9(8(6-15)18-11(12)17)19-10(16)7-4-2-1-3-5-7/h1-5,8-9,15H,6H2/t8-,9-/m1/s1. The summed E-state index contributed by atoms with van der Waals surface area (Å²) < 4.78 is 35.8. The number of halogens is 2. The van der Waals surface area contributed by atoms with Crippen LogP contribution in [0.2, 0.25) is 0 Å². The van der Waals surface area contributed by atoms with Crippen molar-refractivity contribution in [3.63, 3.8) is 0 Å². The number of benzene rings is 1. The molecule has 1 N–H and O–H groups in total. The molecule has 0 saturated carbocycles. The van der Waals surface area contributed by atoms with Gasteiger partial charge >= 0.3 is 17.9 Å². The molecule has 1 aromatic carbocycles. The van der Waals surface area contributed by atoms with Gasteiger partial charge in [-0.05, 0) is 12.1 Å². The molecule has 1 heterocycles. The van der Waals surface area contributed by atoms with Crippen LogP contribution in [-0.2, 0) is 14.3 Å². The zero-order chi connectivity index (χ0) is 14.0. The van der Waals surface area contributed by atoms with E-state index >= 15 is 0 Å². The SMILES string of the molecule is O=C(O[C@@H]1[C@@H](CO)OC(=O)C1(F)F)c1ccccc1. The third kappa shape index (κ3) is 2.41. The maximum Gasteiger partial charge on any atom is 0.382 e. The third-order valence-electron chi connectivity index (χ3n) is 2.65. The molecule has 0 spiro atoms. The van der Waals surface area contributed by atoms with E-state index in [4.69, 9.17) is 5.11 Å². The molecule has 19 heavy (non-hydrogen) atoms. The normalized spacial score (nSPS) is 24.9. The van der Waals surface area contributed by atoms with E-state index in [1.807, 2.05) is 0 Å². The van der Waals surface area contributed by atoms with E-state index < -0.39 is 36.7 Å². The summed E-state index contributed by atoms with van der Waals surface area (Å²) in [6.45, 7) is -0.853. The molecule has 1 saturated heterocycles. The van der Waals surface area contributed by atoms with Crippen LogP contribution in [0.3, 0.4) is 0 Å². The minimum atomic E-state index is -3.96. The fraction of sp³-hybridized carbons (Fsp3) is 0.333. The number of ether oxygens (including phenoxy) is 2. The van der Waals surface area contributed by atoms with Crippen LogP contribution in [0.1, 0.15) is 10.4 Å². The van der Waals surface area contributed by atoms with Crippen molar-refractivity contribution in [3.8, 4) is 0 Å². The first-order valence-corrected chi connectivity index (χ1v) is 5.42. The van der Waals surface area contributed by atoms with Gasteiger partial charge in [0, 0.05) is 0 Å². The molecule has 0 radical (unpaired) electrons. The largest absolute Gasteiger partial charge is 0.451 e. The molecule has 1 aliphatic heterocycles. The summed E-state index contributed by atoms with van der Waals surface area (Å²) in [5.74, 6) is -6.78. The number of carbonyl (C=O) groups excluding carboxylic acids is 2. The van der Waals surface area contributed by atoms with Gasteiger partial charge in [-0.25, -0.2) is 9.59 Å². The van der Waals surface area contributed by atoms with Gasteiger partial charge in [0.1, 0.15) is 0 Å². The number of aliphatic hydroxyl groups excluding tert-OH is 1. The second-order valence-corrected chi connectivity index (χ2v) is 3.94. The van der Waals surface area contributed by atoms with Gasteiger partial charge in [0.2, 0.25) is 6.10 Å². The van der Waals surface area contributed by atoms with Crippen molar-refractivity contribution in [2.45, 2.75) is 18.1 Å². The molecule has 0 bridgehead atoms. The van der Waals surface area contributed by atoms with Crippen LogP contribution in [0.5, 0.6) is 0 Å². The topological polar surface area (TPSA) is 72.8 Å². The number of hydrogen-bond donors (Lipinski definition) is 1. The van der Waals surface area contributed by atoms with E-state index in [1.165, 1.54) is 24.3 Å². The quantitative estimate of drug-likeness (QED) is 0.823. The molecule has 102 valence electrons. The third-order valence-corrected chi connectivity index (χ3v) is 2.65. The number of alkyl halides is 2. The molecule has 5 nitrogen and oxygen atoms in total. The van der Waals surface area contributed by atoms with Gasteiger partial charge in [-0.15, -0.1) is 0 Å². The molecular formula is C12H10F2O5. The van der Waals surface area contributed by atoms with Crippen molar-refractivity contribution in [2.75, 3.05) is 6.61 Å². The van der Waals surface area contributed by atoms with Crippen molar-refractivity contribution in [2.24, 2.45) is 0 Å². The summed E-state index contributed by atoms with van der Waals surface area (Å²) in [5.41, 5.74) is 0.0642. The maximum absolute atomic E-state index is 13.5. The summed E-state index contributed by atoms with van der Waals surface area (Å²) in [4.78, 5) is 22.6. The minimum Gasteiger partial charge on any atom is -0.451 e. The average molecular weight is 272 g/mol. The van der Waals surface area contributed by atoms with Gasteiger partial charge in [0.15, 0.2) is 6.10 Å². The number of carbonyl (C=O) groups is 2. The molecule has 7 heteroatoms. The van der Waals surface area contributed by atoms with Gasteiger partial charge in [-0.2, -0.15) is 8.78 Å². The van der Waals surface area contributed by atoms with Crippen molar-refractivity contribution in [1.29, 1.82) is 0 Å². The smallest absolute Gasteiger partial charge is 0.382 e. The van der Waals surface area contributed by atoms with E-state index in [2.05, 4.69) is 9.47 Å². The molecule has 1 fully saturated rings. The maximum atomic E-state index is 13.5. The summed E-state index contributed by atoms with van der Waals surface area (Å²) in [6, 6.07) is 7.48. The van der Waals surface area contributed by atoms with E-state index in [0.717, 1.165) is 0 Å². The second-order valence-electron chi connectivity index (χ2n) is 3.94. The Morgan fingerprint density at radius 3 is 2.58 bits per heavy atom. The van der Waals surface area contributed by atoms with Crippen LogP contribution in [0.15, 0.2) is 30.3 Å². The lowest BCUT2D eigenvalue weighted by atomic mass is 10.1. The lowest BCUT2D eigenvalue weighted by Gasteiger charge is -2.19. The number of hydrogen-bond acceptors (Lipinski definition) is 5. The molecule has 2 atom stereocenters. The van der Waals surface area contributed by atoms with Crippen LogP contribution >= 0.6 is 0 Å². The molecular weight excluding hydrogens is 262 g/mol. The first-order chi connectivity index (χ1) is 8.96. The Morgan fingerprint density at radius 2 is 2.00 bits per heavy atom. The van der Waals surface area contributed by atoms with Crippen molar-refractivity contribution < 1.29 is 33.0 Å². The minimum absolute atomic E-state index is 0.0642. The lowest BCUT2D eigenvalue weighted by Crippen LogP contribution is -2.42. The van der Waals surface area contributed by atoms with Gasteiger partial charge in [-0.1, -0.05) is 18.2 Å². The highest BCUT2D eigenvalue weighted by Crippen LogP contribution is 2.34. The van der Waals surface area contributed by atoms with Crippen molar-refractivity contribution >= 4 is 11.9 Å². The highest BCUT2D eigenvalue weighted by molar-refractivity contribution is 5.90. The number of rotatable bonds is 3. The monoisotopic (exact) mass is 272 g/mol.